The van der Waals surface area contributed by atoms with Crippen LogP contribution in [0.15, 0.2) is 228 Å². The van der Waals surface area contributed by atoms with E-state index in [9.17, 15) is 13.2 Å². The first-order valence-corrected chi connectivity index (χ1v) is 17.8. The van der Waals surface area contributed by atoms with Crippen molar-refractivity contribution in [3.63, 3.8) is 0 Å². The summed E-state index contributed by atoms with van der Waals surface area (Å²) in [5, 5.41) is 0. The van der Waals surface area contributed by atoms with E-state index in [-0.39, 0.29) is 13.2 Å². The Morgan fingerprint density at radius 1 is 0.373 bits per heavy atom. The summed E-state index contributed by atoms with van der Waals surface area (Å²) in [6.45, 7) is 4.00. The Labute approximate surface area is 304 Å². The predicted octanol–water partition coefficient (Wildman–Crippen LogP) is 12.3. The molecule has 260 valence electrons. The molecule has 7 aromatic rings. The zero-order valence-electron chi connectivity index (χ0n) is 28.3. The van der Waals surface area contributed by atoms with Gasteiger partial charge in [-0.15, -0.1) is 0 Å². The van der Waals surface area contributed by atoms with Crippen LogP contribution in [-0.4, -0.2) is 14.2 Å². The normalized spacial score (nSPS) is 9.45. The number of para-hydroxylation sites is 2. The molecule has 51 heavy (non-hydrogen) atoms. The zero-order chi connectivity index (χ0) is 35.7. The Balaban J connectivity index is 0.000000238. The molecule has 0 unspecified atom stereocenters. The van der Waals surface area contributed by atoms with Crippen LogP contribution in [0.1, 0.15) is 37.2 Å². The highest BCUT2D eigenvalue weighted by atomic mass is 32.2. The molecule has 0 saturated carbocycles. The van der Waals surface area contributed by atoms with Crippen LogP contribution in [0, 0.1) is 0 Å². The summed E-state index contributed by atoms with van der Waals surface area (Å²) in [4.78, 5) is 12.5. The number of carbonyl (C=O) groups excluding carboxylic acids is 1. The lowest BCUT2D eigenvalue weighted by molar-refractivity contribution is 0.103. The second kappa shape index (κ2) is 24.2. The van der Waals surface area contributed by atoms with Gasteiger partial charge in [-0.3, -0.25) is 4.79 Å². The molecule has 5 heteroatoms. The lowest BCUT2D eigenvalue weighted by Gasteiger charge is -2.03. The Bertz CT molecular complexity index is 1820. The first-order valence-electron chi connectivity index (χ1n) is 16.3. The molecule has 7 rings (SSSR count). The molecule has 0 heterocycles. The van der Waals surface area contributed by atoms with Gasteiger partial charge in [0.2, 0.25) is 9.84 Å². The van der Waals surface area contributed by atoms with E-state index in [0.717, 1.165) is 22.6 Å². The van der Waals surface area contributed by atoms with Gasteiger partial charge in [0.05, 0.1) is 9.79 Å². The van der Waals surface area contributed by atoms with Crippen molar-refractivity contribution in [1.82, 2.24) is 0 Å². The van der Waals surface area contributed by atoms with Crippen LogP contribution in [0.2, 0.25) is 0 Å². The molecule has 0 amide bonds. The summed E-state index contributed by atoms with van der Waals surface area (Å²) in [5.74, 6) is 1.81. The van der Waals surface area contributed by atoms with Crippen molar-refractivity contribution in [2.75, 3.05) is 0 Å². The summed E-state index contributed by atoms with van der Waals surface area (Å²) in [6, 6.07) is 67.0. The van der Waals surface area contributed by atoms with Crippen LogP contribution >= 0.6 is 0 Å². The number of rotatable bonds is 6. The van der Waals surface area contributed by atoms with Gasteiger partial charge >= 0.3 is 0 Å². The smallest absolute Gasteiger partial charge is 0.206 e. The van der Waals surface area contributed by atoms with Gasteiger partial charge in [-0.25, -0.2) is 8.42 Å². The maximum Gasteiger partial charge on any atom is 0.206 e. The van der Waals surface area contributed by atoms with Gasteiger partial charge in [-0.1, -0.05) is 191 Å². The fraction of sp³-hybridized carbons (Fsp3) is 0.0652. The van der Waals surface area contributed by atoms with Crippen LogP contribution in [-0.2, 0) is 9.84 Å². The summed E-state index contributed by atoms with van der Waals surface area (Å²) in [6.07, 6.45) is 0. The van der Waals surface area contributed by atoms with Crippen LogP contribution in [0.4, 0.5) is 0 Å². The summed E-state index contributed by atoms with van der Waals surface area (Å²) >= 11 is 0. The first-order chi connectivity index (χ1) is 24.5. The summed E-state index contributed by atoms with van der Waals surface area (Å²) in [7, 11) is -3.34. The van der Waals surface area contributed by atoms with E-state index in [1.807, 2.05) is 172 Å². The van der Waals surface area contributed by atoms with Gasteiger partial charge in [0.15, 0.2) is 5.78 Å². The maximum atomic E-state index is 12.0. The summed E-state index contributed by atoms with van der Waals surface area (Å²) in [5.41, 5.74) is 1.47. The van der Waals surface area contributed by atoms with Crippen LogP contribution in [0.25, 0.3) is 0 Å². The molecule has 0 atom stereocenters. The molecular formula is C46H46O4S. The average Bonchev–Trinajstić information content (AvgIpc) is 3.22. The van der Waals surface area contributed by atoms with E-state index in [1.165, 1.54) is 0 Å². The van der Waals surface area contributed by atoms with Crippen molar-refractivity contribution in [2.24, 2.45) is 0 Å². The molecule has 0 aliphatic rings. The molecule has 0 saturated heterocycles. The highest BCUT2D eigenvalue weighted by molar-refractivity contribution is 7.91. The number of ether oxygens (including phenoxy) is 1. The Morgan fingerprint density at radius 3 is 0.863 bits per heavy atom. The number of hydrogen-bond acceptors (Lipinski definition) is 4. The Hall–Kier alpha value is -6.04. The standard InChI is InChI=1S/C13H10O.C12H10O2S.C12H10O.C6H6.C2H6.CH4/c14-13(11-7-3-1-4-8-11)12-9-5-2-6-10-12;13-15(14,11-7-3-1-4-8-11)12-9-5-2-6-10-12;1-3-7-11(8-4-1)13-12-9-5-2-6-10-12;1-2-4-6-5-3-1;1-2;/h1-10H;1-10H;1-10H;1-6H;1-2H3;1H4. The van der Waals surface area contributed by atoms with Gasteiger partial charge in [0.1, 0.15) is 11.5 Å². The number of ketones is 1. The fourth-order valence-electron chi connectivity index (χ4n) is 4.18. The van der Waals surface area contributed by atoms with Crippen molar-refractivity contribution in [1.29, 1.82) is 0 Å². The Kier molecular flexibility index (Phi) is 19.5. The quantitative estimate of drug-likeness (QED) is 0.163. The topological polar surface area (TPSA) is 60.4 Å². The van der Waals surface area contributed by atoms with Gasteiger partial charge in [0.25, 0.3) is 0 Å². The maximum absolute atomic E-state index is 12.0. The molecule has 0 N–H and O–H groups in total. The molecule has 0 radical (unpaired) electrons. The Morgan fingerprint density at radius 2 is 0.588 bits per heavy atom. The summed E-state index contributed by atoms with van der Waals surface area (Å²) < 4.78 is 29.6. The average molecular weight is 695 g/mol. The molecular weight excluding hydrogens is 649 g/mol. The number of hydrogen-bond donors (Lipinski definition) is 0. The largest absolute Gasteiger partial charge is 0.457 e. The first kappa shape index (κ1) is 41.1. The van der Waals surface area contributed by atoms with Gasteiger partial charge in [0, 0.05) is 11.1 Å². The van der Waals surface area contributed by atoms with E-state index in [0.29, 0.717) is 9.79 Å². The number of sulfone groups is 1. The molecule has 4 nitrogen and oxygen atoms in total. The molecule has 0 aromatic heterocycles. The van der Waals surface area contributed by atoms with Crippen molar-refractivity contribution >= 4 is 15.6 Å². The van der Waals surface area contributed by atoms with E-state index in [2.05, 4.69) is 0 Å². The monoisotopic (exact) mass is 694 g/mol. The van der Waals surface area contributed by atoms with Gasteiger partial charge in [-0.2, -0.15) is 0 Å². The number of carbonyl (C=O) groups is 1. The predicted molar refractivity (Wildman–Crippen MR) is 212 cm³/mol. The van der Waals surface area contributed by atoms with Crippen LogP contribution in [0.5, 0.6) is 11.5 Å². The van der Waals surface area contributed by atoms with Crippen LogP contribution in [0.3, 0.4) is 0 Å². The van der Waals surface area contributed by atoms with Crippen LogP contribution < -0.4 is 4.74 Å². The van der Waals surface area contributed by atoms with Gasteiger partial charge < -0.3 is 4.74 Å². The third-order valence-corrected chi connectivity index (χ3v) is 8.35. The molecule has 0 bridgehead atoms. The second-order valence-electron chi connectivity index (χ2n) is 10.1. The minimum atomic E-state index is -3.34. The highest BCUT2D eigenvalue weighted by Crippen LogP contribution is 2.20. The van der Waals surface area contributed by atoms with Crippen molar-refractivity contribution < 1.29 is 17.9 Å². The lowest BCUT2D eigenvalue weighted by Crippen LogP contribution is -2.00. The number of benzene rings is 7. The van der Waals surface area contributed by atoms with E-state index in [1.54, 1.807) is 60.7 Å². The van der Waals surface area contributed by atoms with E-state index >= 15 is 0 Å². The second-order valence-corrected chi connectivity index (χ2v) is 12.0. The van der Waals surface area contributed by atoms with Gasteiger partial charge in [-0.05, 0) is 48.5 Å². The lowest BCUT2D eigenvalue weighted by atomic mass is 10.0. The van der Waals surface area contributed by atoms with Crippen molar-refractivity contribution in [2.45, 2.75) is 31.1 Å². The molecule has 0 spiro atoms. The molecule has 7 aromatic carbocycles. The third kappa shape index (κ3) is 14.9. The van der Waals surface area contributed by atoms with Crippen molar-refractivity contribution in [3.05, 3.63) is 230 Å². The van der Waals surface area contributed by atoms with Crippen molar-refractivity contribution in [3.8, 4) is 11.5 Å². The SMILES string of the molecule is C.CC.O=C(c1ccccc1)c1ccccc1.O=S(=O)(c1ccccc1)c1ccccc1.c1ccc(Oc2ccccc2)cc1.c1ccccc1. The molecule has 0 aliphatic heterocycles. The highest BCUT2D eigenvalue weighted by Gasteiger charge is 2.15. The van der Waals surface area contributed by atoms with E-state index < -0.39 is 9.84 Å². The minimum absolute atomic E-state index is 0. The zero-order valence-corrected chi connectivity index (χ0v) is 29.1. The third-order valence-electron chi connectivity index (χ3n) is 6.57. The minimum Gasteiger partial charge on any atom is -0.457 e. The fourth-order valence-corrected chi connectivity index (χ4v) is 5.48. The molecule has 0 fully saturated rings. The van der Waals surface area contributed by atoms with E-state index in [4.69, 9.17) is 4.74 Å². The molecule has 0 aliphatic carbocycles.